The number of benzene rings is 1. The van der Waals surface area contributed by atoms with Gasteiger partial charge in [0, 0.05) is 11.6 Å². The zero-order valence-electron chi connectivity index (χ0n) is 7.53. The highest BCUT2D eigenvalue weighted by Crippen LogP contribution is 2.28. The Morgan fingerprint density at radius 3 is 2.93 bits per heavy atom. The zero-order chi connectivity index (χ0) is 9.97. The molecular weight excluding hydrogens is 185 g/mol. The van der Waals surface area contributed by atoms with Gasteiger partial charge in [-0.2, -0.15) is 0 Å². The Morgan fingerprint density at radius 2 is 2.29 bits per heavy atom. The quantitative estimate of drug-likeness (QED) is 0.734. The summed E-state index contributed by atoms with van der Waals surface area (Å²) >= 11 is 0. The van der Waals surface area contributed by atoms with E-state index in [-0.39, 0.29) is 5.82 Å². The average Bonchev–Trinajstić information content (AvgIpc) is 2.70. The van der Waals surface area contributed by atoms with Gasteiger partial charge < -0.3 is 9.15 Å². The fraction of sp³-hybridized carbons (Fsp3) is 0.100. The number of rotatable bonds is 2. The van der Waals surface area contributed by atoms with Crippen molar-refractivity contribution in [2.24, 2.45) is 0 Å². The van der Waals surface area contributed by atoms with Crippen LogP contribution in [0.4, 0.5) is 4.39 Å². The van der Waals surface area contributed by atoms with Gasteiger partial charge in [0.05, 0.1) is 7.11 Å². The van der Waals surface area contributed by atoms with Crippen molar-refractivity contribution in [1.82, 2.24) is 4.98 Å². The van der Waals surface area contributed by atoms with Gasteiger partial charge in [0.25, 0.3) is 0 Å². The summed E-state index contributed by atoms with van der Waals surface area (Å²) in [6, 6.07) is 4.27. The molecule has 2 aromatic rings. The van der Waals surface area contributed by atoms with E-state index in [4.69, 9.17) is 9.15 Å². The second-order valence-electron chi connectivity index (χ2n) is 2.72. The summed E-state index contributed by atoms with van der Waals surface area (Å²) in [5.41, 5.74) is 1.34. The van der Waals surface area contributed by atoms with Gasteiger partial charge in [0.2, 0.25) is 0 Å². The third-order valence-electron chi connectivity index (χ3n) is 1.87. The Labute approximate surface area is 80.1 Å². The standard InChI is InChI=1S/C10H8FNO2/c1-13-10-4-7(11)2-3-8(10)9-5-14-6-12-9/h2-6H,1H3. The van der Waals surface area contributed by atoms with Crippen LogP contribution in [-0.4, -0.2) is 12.1 Å². The molecule has 0 aliphatic carbocycles. The monoisotopic (exact) mass is 193 g/mol. The maximum absolute atomic E-state index is 12.9. The lowest BCUT2D eigenvalue weighted by Crippen LogP contribution is -1.89. The molecule has 0 fully saturated rings. The van der Waals surface area contributed by atoms with Gasteiger partial charge in [-0.1, -0.05) is 0 Å². The van der Waals surface area contributed by atoms with Gasteiger partial charge in [-0.05, 0) is 12.1 Å². The number of halogens is 1. The minimum atomic E-state index is -0.339. The van der Waals surface area contributed by atoms with Gasteiger partial charge in [-0.25, -0.2) is 9.37 Å². The van der Waals surface area contributed by atoms with E-state index >= 15 is 0 Å². The van der Waals surface area contributed by atoms with Gasteiger partial charge in [-0.15, -0.1) is 0 Å². The number of nitrogens with zero attached hydrogens (tertiary/aromatic N) is 1. The van der Waals surface area contributed by atoms with Crippen LogP contribution in [-0.2, 0) is 0 Å². The summed E-state index contributed by atoms with van der Waals surface area (Å²) < 4.78 is 22.7. The Kier molecular flexibility index (Phi) is 2.18. The molecule has 1 aromatic heterocycles. The average molecular weight is 193 g/mol. The molecule has 0 bridgehead atoms. The highest BCUT2D eigenvalue weighted by molar-refractivity contribution is 5.66. The molecule has 14 heavy (non-hydrogen) atoms. The van der Waals surface area contributed by atoms with E-state index in [0.717, 1.165) is 0 Å². The molecule has 0 aliphatic heterocycles. The molecule has 0 N–H and O–H groups in total. The molecule has 0 atom stereocenters. The van der Waals surface area contributed by atoms with Crippen molar-refractivity contribution in [3.05, 3.63) is 36.7 Å². The van der Waals surface area contributed by atoms with Crippen LogP contribution in [0.3, 0.4) is 0 Å². The molecule has 2 rings (SSSR count). The molecule has 1 aromatic carbocycles. The topological polar surface area (TPSA) is 35.3 Å². The fourth-order valence-electron chi connectivity index (χ4n) is 1.22. The summed E-state index contributed by atoms with van der Waals surface area (Å²) in [7, 11) is 1.48. The minimum absolute atomic E-state index is 0.339. The smallest absolute Gasteiger partial charge is 0.181 e. The van der Waals surface area contributed by atoms with Gasteiger partial charge in [-0.3, -0.25) is 0 Å². The second-order valence-corrected chi connectivity index (χ2v) is 2.72. The van der Waals surface area contributed by atoms with Crippen LogP contribution in [0.25, 0.3) is 11.3 Å². The predicted octanol–water partition coefficient (Wildman–Crippen LogP) is 2.49. The van der Waals surface area contributed by atoms with Crippen molar-refractivity contribution < 1.29 is 13.5 Å². The Balaban J connectivity index is 2.53. The molecular formula is C10H8FNO2. The lowest BCUT2D eigenvalue weighted by molar-refractivity contribution is 0.413. The Bertz CT molecular complexity index is 426. The minimum Gasteiger partial charge on any atom is -0.496 e. The first-order chi connectivity index (χ1) is 6.81. The van der Waals surface area contributed by atoms with E-state index < -0.39 is 0 Å². The predicted molar refractivity (Wildman–Crippen MR) is 48.4 cm³/mol. The van der Waals surface area contributed by atoms with Crippen molar-refractivity contribution in [1.29, 1.82) is 0 Å². The number of hydrogen-bond acceptors (Lipinski definition) is 3. The molecule has 0 amide bonds. The van der Waals surface area contributed by atoms with Crippen molar-refractivity contribution in [2.45, 2.75) is 0 Å². The van der Waals surface area contributed by atoms with Crippen LogP contribution in [0, 0.1) is 5.82 Å². The number of hydrogen-bond donors (Lipinski definition) is 0. The summed E-state index contributed by atoms with van der Waals surface area (Å²) in [4.78, 5) is 3.96. The van der Waals surface area contributed by atoms with Crippen LogP contribution in [0.2, 0.25) is 0 Å². The molecule has 4 heteroatoms. The molecule has 0 aliphatic rings. The first kappa shape index (κ1) is 8.74. The number of oxazole rings is 1. The molecule has 3 nitrogen and oxygen atoms in total. The fourth-order valence-corrected chi connectivity index (χ4v) is 1.22. The van der Waals surface area contributed by atoms with E-state index in [1.807, 2.05) is 0 Å². The largest absolute Gasteiger partial charge is 0.496 e. The maximum atomic E-state index is 12.9. The molecule has 0 saturated carbocycles. The number of aromatic nitrogens is 1. The van der Waals surface area contributed by atoms with Crippen molar-refractivity contribution in [3.63, 3.8) is 0 Å². The van der Waals surface area contributed by atoms with Crippen LogP contribution < -0.4 is 4.74 Å². The first-order valence-electron chi connectivity index (χ1n) is 4.03. The molecule has 0 saturated heterocycles. The third-order valence-corrected chi connectivity index (χ3v) is 1.87. The van der Waals surface area contributed by atoms with Crippen molar-refractivity contribution >= 4 is 0 Å². The Morgan fingerprint density at radius 1 is 1.43 bits per heavy atom. The third kappa shape index (κ3) is 1.46. The first-order valence-corrected chi connectivity index (χ1v) is 4.03. The van der Waals surface area contributed by atoms with E-state index in [1.165, 1.54) is 31.9 Å². The van der Waals surface area contributed by atoms with Gasteiger partial charge >= 0.3 is 0 Å². The summed E-state index contributed by atoms with van der Waals surface area (Å²) in [6.45, 7) is 0. The van der Waals surface area contributed by atoms with Gasteiger partial charge in [0.1, 0.15) is 23.5 Å². The van der Waals surface area contributed by atoms with Crippen molar-refractivity contribution in [3.8, 4) is 17.0 Å². The number of ether oxygens (including phenoxy) is 1. The lowest BCUT2D eigenvalue weighted by Gasteiger charge is -2.04. The van der Waals surface area contributed by atoms with Crippen LogP contribution in [0.5, 0.6) is 5.75 Å². The molecule has 0 unspecified atom stereocenters. The highest BCUT2D eigenvalue weighted by Gasteiger charge is 2.08. The van der Waals surface area contributed by atoms with Gasteiger partial charge in [0.15, 0.2) is 6.39 Å². The maximum Gasteiger partial charge on any atom is 0.181 e. The summed E-state index contributed by atoms with van der Waals surface area (Å²) in [5.74, 6) is 0.105. The van der Waals surface area contributed by atoms with Crippen LogP contribution in [0.1, 0.15) is 0 Å². The van der Waals surface area contributed by atoms with E-state index in [0.29, 0.717) is 17.0 Å². The van der Waals surface area contributed by atoms with Crippen LogP contribution >= 0.6 is 0 Å². The normalized spacial score (nSPS) is 10.1. The van der Waals surface area contributed by atoms with E-state index in [9.17, 15) is 4.39 Å². The van der Waals surface area contributed by atoms with Crippen LogP contribution in [0.15, 0.2) is 35.3 Å². The highest BCUT2D eigenvalue weighted by atomic mass is 19.1. The molecule has 72 valence electrons. The lowest BCUT2D eigenvalue weighted by atomic mass is 10.1. The second kappa shape index (κ2) is 3.49. The SMILES string of the molecule is COc1cc(F)ccc1-c1cocn1. The summed E-state index contributed by atoms with van der Waals surface area (Å²) in [5, 5.41) is 0. The number of methoxy groups -OCH3 is 1. The van der Waals surface area contributed by atoms with E-state index in [2.05, 4.69) is 4.98 Å². The molecule has 0 radical (unpaired) electrons. The molecule has 0 spiro atoms. The van der Waals surface area contributed by atoms with E-state index in [1.54, 1.807) is 6.07 Å². The zero-order valence-corrected chi connectivity index (χ0v) is 7.53. The Hall–Kier alpha value is -1.84. The van der Waals surface area contributed by atoms with Crippen molar-refractivity contribution in [2.75, 3.05) is 7.11 Å². The summed E-state index contributed by atoms with van der Waals surface area (Å²) in [6.07, 6.45) is 2.80. The molecule has 1 heterocycles.